The highest BCUT2D eigenvalue weighted by molar-refractivity contribution is 6.32. The molecule has 0 aliphatic heterocycles. The van der Waals surface area contributed by atoms with Crippen molar-refractivity contribution in [1.29, 1.82) is 0 Å². The van der Waals surface area contributed by atoms with Crippen LogP contribution in [0.4, 0.5) is 11.8 Å². The Morgan fingerprint density at radius 3 is 2.88 bits per heavy atom. The van der Waals surface area contributed by atoms with Gasteiger partial charge in [0.05, 0.1) is 12.8 Å². The summed E-state index contributed by atoms with van der Waals surface area (Å²) in [5, 5.41) is 6.70. The van der Waals surface area contributed by atoms with Crippen molar-refractivity contribution in [3.8, 4) is 0 Å². The fourth-order valence-electron chi connectivity index (χ4n) is 1.08. The summed E-state index contributed by atoms with van der Waals surface area (Å²) in [7, 11) is 1.65. The van der Waals surface area contributed by atoms with E-state index in [1.807, 2.05) is 0 Å². The zero-order chi connectivity index (χ0) is 11.8. The molecule has 6 heteroatoms. The van der Waals surface area contributed by atoms with Gasteiger partial charge in [-0.1, -0.05) is 18.5 Å². The predicted molar refractivity (Wildman–Crippen MR) is 66.2 cm³/mol. The number of hydrogen-bond donors (Lipinski definition) is 2. The number of nitrogens with zero attached hydrogens (tertiary/aromatic N) is 2. The van der Waals surface area contributed by atoms with Crippen LogP contribution in [0.1, 0.15) is 13.3 Å². The number of anilines is 2. The molecule has 0 radical (unpaired) electrons. The maximum Gasteiger partial charge on any atom is 0.224 e. The van der Waals surface area contributed by atoms with Crippen LogP contribution in [0.15, 0.2) is 6.20 Å². The third kappa shape index (κ3) is 4.20. The lowest BCUT2D eigenvalue weighted by molar-refractivity contribution is 0.210. The summed E-state index contributed by atoms with van der Waals surface area (Å²) in [6, 6.07) is 0. The molecule has 0 spiro atoms. The maximum atomic E-state index is 5.95. The van der Waals surface area contributed by atoms with Gasteiger partial charge in [0.25, 0.3) is 0 Å². The van der Waals surface area contributed by atoms with Crippen LogP contribution in [0.25, 0.3) is 0 Å². The second-order valence-electron chi connectivity index (χ2n) is 3.24. The van der Waals surface area contributed by atoms with Crippen LogP contribution in [0, 0.1) is 0 Å². The fourth-order valence-corrected chi connectivity index (χ4v) is 1.24. The first-order valence-electron chi connectivity index (χ1n) is 5.27. The Bertz CT molecular complexity index is 322. The van der Waals surface area contributed by atoms with Gasteiger partial charge < -0.3 is 15.4 Å². The number of hydrogen-bond acceptors (Lipinski definition) is 5. The molecule has 90 valence electrons. The zero-order valence-electron chi connectivity index (χ0n) is 9.59. The average Bonchev–Trinajstić information content (AvgIpc) is 2.30. The van der Waals surface area contributed by atoms with Crippen LogP contribution in [-0.2, 0) is 4.74 Å². The molecule has 1 aromatic heterocycles. The first kappa shape index (κ1) is 13.0. The topological polar surface area (TPSA) is 59.1 Å². The van der Waals surface area contributed by atoms with Gasteiger partial charge in [0, 0.05) is 20.2 Å². The third-order valence-electron chi connectivity index (χ3n) is 1.88. The van der Waals surface area contributed by atoms with Gasteiger partial charge in [-0.25, -0.2) is 4.98 Å². The Morgan fingerprint density at radius 1 is 1.38 bits per heavy atom. The van der Waals surface area contributed by atoms with E-state index in [1.165, 1.54) is 0 Å². The van der Waals surface area contributed by atoms with Gasteiger partial charge in [-0.3, -0.25) is 0 Å². The molecular formula is C10H17ClN4O. The van der Waals surface area contributed by atoms with Gasteiger partial charge in [0.15, 0.2) is 5.82 Å². The maximum absolute atomic E-state index is 5.95. The molecule has 0 aromatic carbocycles. The molecule has 1 rings (SSSR count). The molecule has 16 heavy (non-hydrogen) atoms. The van der Waals surface area contributed by atoms with Crippen molar-refractivity contribution in [3.63, 3.8) is 0 Å². The molecule has 5 nitrogen and oxygen atoms in total. The van der Waals surface area contributed by atoms with Crippen molar-refractivity contribution in [2.45, 2.75) is 13.3 Å². The average molecular weight is 245 g/mol. The van der Waals surface area contributed by atoms with E-state index in [9.17, 15) is 0 Å². The molecule has 0 fully saturated rings. The van der Waals surface area contributed by atoms with Crippen molar-refractivity contribution in [3.05, 3.63) is 11.2 Å². The SMILES string of the molecule is CCCNc1ncc(Cl)c(NCCOC)n1. The second kappa shape index (κ2) is 7.24. The van der Waals surface area contributed by atoms with E-state index in [0.717, 1.165) is 13.0 Å². The van der Waals surface area contributed by atoms with Gasteiger partial charge in [0.2, 0.25) is 5.95 Å². The summed E-state index contributed by atoms with van der Waals surface area (Å²) in [5.74, 6) is 1.22. The quantitative estimate of drug-likeness (QED) is 0.719. The predicted octanol–water partition coefficient (Wildman–Crippen LogP) is 2.01. The highest BCUT2D eigenvalue weighted by atomic mass is 35.5. The smallest absolute Gasteiger partial charge is 0.224 e. The molecule has 0 aliphatic rings. The van der Waals surface area contributed by atoms with Crippen LogP contribution in [0.2, 0.25) is 5.02 Å². The molecule has 1 aromatic rings. The Balaban J connectivity index is 2.59. The van der Waals surface area contributed by atoms with Crippen molar-refractivity contribution >= 4 is 23.4 Å². The van der Waals surface area contributed by atoms with Gasteiger partial charge in [-0.15, -0.1) is 0 Å². The first-order valence-corrected chi connectivity index (χ1v) is 5.65. The number of ether oxygens (including phenoxy) is 1. The molecule has 0 bridgehead atoms. The number of halogens is 1. The standard InChI is InChI=1S/C10H17ClN4O/c1-3-4-13-10-14-7-8(11)9(15-10)12-5-6-16-2/h7H,3-6H2,1-2H3,(H2,12,13,14,15). The molecule has 0 aliphatic carbocycles. The zero-order valence-corrected chi connectivity index (χ0v) is 10.3. The first-order chi connectivity index (χ1) is 7.77. The van der Waals surface area contributed by atoms with Gasteiger partial charge in [-0.2, -0.15) is 4.98 Å². The number of methoxy groups -OCH3 is 1. The molecular weight excluding hydrogens is 228 g/mol. The number of rotatable bonds is 7. The van der Waals surface area contributed by atoms with E-state index < -0.39 is 0 Å². The Kier molecular flexibility index (Phi) is 5.88. The molecule has 2 N–H and O–H groups in total. The largest absolute Gasteiger partial charge is 0.383 e. The van der Waals surface area contributed by atoms with Crippen molar-refractivity contribution in [1.82, 2.24) is 9.97 Å². The fraction of sp³-hybridized carbons (Fsp3) is 0.600. The summed E-state index contributed by atoms with van der Waals surface area (Å²) < 4.78 is 4.93. The lowest BCUT2D eigenvalue weighted by atomic mass is 10.5. The highest BCUT2D eigenvalue weighted by Gasteiger charge is 2.03. The lowest BCUT2D eigenvalue weighted by Gasteiger charge is -2.09. The Morgan fingerprint density at radius 2 is 2.19 bits per heavy atom. The van der Waals surface area contributed by atoms with Crippen molar-refractivity contribution < 1.29 is 4.74 Å². The second-order valence-corrected chi connectivity index (χ2v) is 3.64. The van der Waals surface area contributed by atoms with E-state index in [0.29, 0.717) is 29.9 Å². The molecule has 0 atom stereocenters. The van der Waals surface area contributed by atoms with Gasteiger partial charge in [-0.05, 0) is 6.42 Å². The Hall–Kier alpha value is -1.07. The summed E-state index contributed by atoms with van der Waals surface area (Å²) >= 11 is 5.95. The number of aromatic nitrogens is 2. The van der Waals surface area contributed by atoms with E-state index in [4.69, 9.17) is 16.3 Å². The molecule has 0 unspecified atom stereocenters. The normalized spacial score (nSPS) is 10.2. The molecule has 0 saturated heterocycles. The van der Waals surface area contributed by atoms with E-state index >= 15 is 0 Å². The summed E-state index contributed by atoms with van der Waals surface area (Å²) in [4.78, 5) is 8.34. The van der Waals surface area contributed by atoms with Gasteiger partial charge >= 0.3 is 0 Å². The van der Waals surface area contributed by atoms with Gasteiger partial charge in [0.1, 0.15) is 5.02 Å². The minimum atomic E-state index is 0.512. The van der Waals surface area contributed by atoms with E-state index in [2.05, 4.69) is 27.5 Å². The molecule has 0 saturated carbocycles. The summed E-state index contributed by atoms with van der Waals surface area (Å²) in [5.41, 5.74) is 0. The molecule has 1 heterocycles. The monoisotopic (exact) mass is 244 g/mol. The summed E-state index contributed by atoms with van der Waals surface area (Å²) in [6.07, 6.45) is 2.61. The lowest BCUT2D eigenvalue weighted by Crippen LogP contribution is -2.11. The number of nitrogens with one attached hydrogen (secondary N) is 2. The van der Waals surface area contributed by atoms with Crippen LogP contribution >= 0.6 is 11.6 Å². The van der Waals surface area contributed by atoms with Crippen LogP contribution in [0.5, 0.6) is 0 Å². The third-order valence-corrected chi connectivity index (χ3v) is 2.15. The van der Waals surface area contributed by atoms with E-state index in [1.54, 1.807) is 13.3 Å². The Labute approximate surface area is 101 Å². The summed E-state index contributed by atoms with van der Waals surface area (Å²) in [6.45, 7) is 4.21. The van der Waals surface area contributed by atoms with Crippen LogP contribution in [-0.4, -0.2) is 36.8 Å². The minimum absolute atomic E-state index is 0.512. The molecule has 0 amide bonds. The van der Waals surface area contributed by atoms with Crippen LogP contribution < -0.4 is 10.6 Å². The van der Waals surface area contributed by atoms with Crippen molar-refractivity contribution in [2.75, 3.05) is 37.4 Å². The van der Waals surface area contributed by atoms with Crippen LogP contribution in [0.3, 0.4) is 0 Å². The van der Waals surface area contributed by atoms with Crippen molar-refractivity contribution in [2.24, 2.45) is 0 Å². The minimum Gasteiger partial charge on any atom is -0.383 e. The van der Waals surface area contributed by atoms with E-state index in [-0.39, 0.29) is 0 Å². The highest BCUT2D eigenvalue weighted by Crippen LogP contribution is 2.18.